The molecule has 0 aromatic heterocycles. The van der Waals surface area contributed by atoms with Gasteiger partial charge in [-0.1, -0.05) is 60.7 Å². The minimum absolute atomic E-state index is 0.120. The first-order valence-electron chi connectivity index (χ1n) is 7.37. The summed E-state index contributed by atoms with van der Waals surface area (Å²) in [5.41, 5.74) is 0.696. The number of nitrogens with zero attached hydrogens (tertiary/aromatic N) is 1. The number of hydrogen-bond donors (Lipinski definition) is 0. The van der Waals surface area contributed by atoms with Crippen molar-refractivity contribution in [3.8, 4) is 11.8 Å². The van der Waals surface area contributed by atoms with Crippen LogP contribution in [-0.4, -0.2) is 12.4 Å². The van der Waals surface area contributed by atoms with Crippen molar-refractivity contribution in [2.24, 2.45) is 0 Å². The number of carbonyl (C=O) groups excluding carboxylic acids is 1. The summed E-state index contributed by atoms with van der Waals surface area (Å²) in [6.45, 7) is -0.120. The Labute approximate surface area is 134 Å². The molecule has 0 saturated carbocycles. The van der Waals surface area contributed by atoms with Gasteiger partial charge >= 0.3 is 0 Å². The average Bonchev–Trinajstić information content (AvgIpc) is 2.61. The Morgan fingerprint density at radius 2 is 1.65 bits per heavy atom. The van der Waals surface area contributed by atoms with Crippen molar-refractivity contribution in [1.82, 2.24) is 0 Å². The first kappa shape index (κ1) is 14.8. The Balaban J connectivity index is 1.71. The van der Waals surface area contributed by atoms with Gasteiger partial charge in [0.25, 0.3) is 0 Å². The van der Waals surface area contributed by atoms with Gasteiger partial charge in [-0.2, -0.15) is 5.26 Å². The molecular formula is C20H15NO2. The van der Waals surface area contributed by atoms with Crippen LogP contribution in [0.15, 0.2) is 72.8 Å². The van der Waals surface area contributed by atoms with Crippen molar-refractivity contribution in [1.29, 1.82) is 5.26 Å². The van der Waals surface area contributed by atoms with Crippen LogP contribution in [0, 0.1) is 11.3 Å². The van der Waals surface area contributed by atoms with Gasteiger partial charge in [0.05, 0.1) is 6.07 Å². The molecule has 0 radical (unpaired) electrons. The molecule has 112 valence electrons. The predicted molar refractivity (Wildman–Crippen MR) is 89.2 cm³/mol. The highest BCUT2D eigenvalue weighted by molar-refractivity contribution is 5.90. The number of rotatable bonds is 5. The second-order valence-corrected chi connectivity index (χ2v) is 5.24. The van der Waals surface area contributed by atoms with Gasteiger partial charge in [-0.25, -0.2) is 0 Å². The lowest BCUT2D eigenvalue weighted by Gasteiger charge is -2.10. The zero-order chi connectivity index (χ0) is 16.1. The fourth-order valence-electron chi connectivity index (χ4n) is 2.47. The molecule has 1 unspecified atom stereocenters. The number of nitriles is 1. The van der Waals surface area contributed by atoms with Crippen LogP contribution in [0.4, 0.5) is 0 Å². The highest BCUT2D eigenvalue weighted by Gasteiger charge is 2.20. The summed E-state index contributed by atoms with van der Waals surface area (Å²) in [6, 6.07) is 24.7. The van der Waals surface area contributed by atoms with Gasteiger partial charge < -0.3 is 4.74 Å². The molecule has 0 saturated heterocycles. The van der Waals surface area contributed by atoms with E-state index >= 15 is 0 Å². The predicted octanol–water partition coefficient (Wildman–Crippen LogP) is 4.10. The van der Waals surface area contributed by atoms with E-state index in [0.29, 0.717) is 11.3 Å². The van der Waals surface area contributed by atoms with E-state index in [2.05, 4.69) is 6.07 Å². The molecule has 3 nitrogen and oxygen atoms in total. The van der Waals surface area contributed by atoms with Crippen LogP contribution < -0.4 is 4.74 Å². The van der Waals surface area contributed by atoms with E-state index in [1.54, 1.807) is 12.1 Å². The monoisotopic (exact) mass is 301 g/mol. The summed E-state index contributed by atoms with van der Waals surface area (Å²) in [4.78, 5) is 12.3. The van der Waals surface area contributed by atoms with Gasteiger partial charge in [-0.15, -0.1) is 0 Å². The third-order valence-electron chi connectivity index (χ3n) is 3.69. The lowest BCUT2D eigenvalue weighted by molar-refractivity contribution is -0.121. The van der Waals surface area contributed by atoms with Gasteiger partial charge in [0.1, 0.15) is 18.3 Å². The van der Waals surface area contributed by atoms with Crippen molar-refractivity contribution in [3.05, 3.63) is 78.4 Å². The van der Waals surface area contributed by atoms with E-state index in [1.165, 1.54) is 0 Å². The maximum atomic E-state index is 12.3. The van der Waals surface area contributed by atoms with Crippen molar-refractivity contribution in [2.75, 3.05) is 6.61 Å². The SMILES string of the molecule is N#CC(C(=O)COc1ccc2ccccc2c1)c1ccccc1. The topological polar surface area (TPSA) is 50.1 Å². The van der Waals surface area contributed by atoms with Crippen LogP contribution in [0.1, 0.15) is 11.5 Å². The van der Waals surface area contributed by atoms with Gasteiger partial charge in [0.15, 0.2) is 5.78 Å². The van der Waals surface area contributed by atoms with Crippen molar-refractivity contribution in [2.45, 2.75) is 5.92 Å². The number of hydrogen-bond acceptors (Lipinski definition) is 3. The molecule has 0 spiro atoms. The second kappa shape index (κ2) is 6.76. The standard InChI is InChI=1S/C20H15NO2/c21-13-19(16-7-2-1-3-8-16)20(22)14-23-18-11-10-15-6-4-5-9-17(15)12-18/h1-12,19H,14H2. The quantitative estimate of drug-likeness (QED) is 0.713. The van der Waals surface area contributed by atoms with Crippen LogP contribution in [-0.2, 0) is 4.79 Å². The molecule has 3 rings (SSSR count). The first-order valence-corrected chi connectivity index (χ1v) is 7.37. The van der Waals surface area contributed by atoms with E-state index < -0.39 is 5.92 Å². The smallest absolute Gasteiger partial charge is 0.191 e. The molecule has 3 heteroatoms. The highest BCUT2D eigenvalue weighted by atomic mass is 16.5. The van der Waals surface area contributed by atoms with E-state index in [9.17, 15) is 10.1 Å². The lowest BCUT2D eigenvalue weighted by Crippen LogP contribution is -2.19. The van der Waals surface area contributed by atoms with Crippen molar-refractivity contribution >= 4 is 16.6 Å². The largest absolute Gasteiger partial charge is 0.486 e. The number of benzene rings is 3. The van der Waals surface area contributed by atoms with Gasteiger partial charge in [0.2, 0.25) is 0 Å². The molecule has 23 heavy (non-hydrogen) atoms. The fourth-order valence-corrected chi connectivity index (χ4v) is 2.47. The van der Waals surface area contributed by atoms with E-state index in [0.717, 1.165) is 10.8 Å². The second-order valence-electron chi connectivity index (χ2n) is 5.24. The number of fused-ring (bicyclic) bond motifs is 1. The summed E-state index contributed by atoms with van der Waals surface area (Å²) >= 11 is 0. The average molecular weight is 301 g/mol. The molecule has 3 aromatic rings. The van der Waals surface area contributed by atoms with Gasteiger partial charge in [-0.3, -0.25) is 4.79 Å². The van der Waals surface area contributed by atoms with Gasteiger partial charge in [-0.05, 0) is 28.5 Å². The zero-order valence-corrected chi connectivity index (χ0v) is 12.5. The number of ketones is 1. The number of carbonyl (C=O) groups is 1. The Hall–Kier alpha value is -3.12. The van der Waals surface area contributed by atoms with Crippen molar-refractivity contribution in [3.63, 3.8) is 0 Å². The molecular weight excluding hydrogens is 286 g/mol. The first-order chi connectivity index (χ1) is 11.3. The molecule has 0 aliphatic rings. The van der Waals surface area contributed by atoms with Crippen molar-refractivity contribution < 1.29 is 9.53 Å². The highest BCUT2D eigenvalue weighted by Crippen LogP contribution is 2.21. The molecule has 0 heterocycles. The van der Waals surface area contributed by atoms with Crippen LogP contribution in [0.2, 0.25) is 0 Å². The minimum Gasteiger partial charge on any atom is -0.486 e. The summed E-state index contributed by atoms with van der Waals surface area (Å²) < 4.78 is 5.58. The Bertz CT molecular complexity index is 865. The van der Waals surface area contributed by atoms with Gasteiger partial charge in [0, 0.05) is 0 Å². The molecule has 0 aliphatic heterocycles. The summed E-state index contributed by atoms with van der Waals surface area (Å²) in [5.74, 6) is -0.412. The van der Waals surface area contributed by atoms with Crippen LogP contribution in [0.3, 0.4) is 0 Å². The minimum atomic E-state index is -0.795. The van der Waals surface area contributed by atoms with Crippen LogP contribution in [0.25, 0.3) is 10.8 Å². The molecule has 0 fully saturated rings. The summed E-state index contributed by atoms with van der Waals surface area (Å²) in [7, 11) is 0. The summed E-state index contributed by atoms with van der Waals surface area (Å²) in [5, 5.41) is 11.4. The van der Waals surface area contributed by atoms with Crippen LogP contribution >= 0.6 is 0 Å². The molecule has 0 N–H and O–H groups in total. The Morgan fingerprint density at radius 3 is 2.39 bits per heavy atom. The zero-order valence-electron chi connectivity index (χ0n) is 12.5. The third-order valence-corrected chi connectivity index (χ3v) is 3.69. The third kappa shape index (κ3) is 3.38. The molecule has 0 amide bonds. The van der Waals surface area contributed by atoms with E-state index in [4.69, 9.17) is 4.74 Å². The fraction of sp³-hybridized carbons (Fsp3) is 0.100. The molecule has 0 bridgehead atoms. The van der Waals surface area contributed by atoms with Crippen LogP contribution in [0.5, 0.6) is 5.75 Å². The molecule has 3 aromatic carbocycles. The maximum absolute atomic E-state index is 12.3. The Kier molecular flexibility index (Phi) is 4.35. The normalized spacial score (nSPS) is 11.6. The van der Waals surface area contributed by atoms with E-state index in [1.807, 2.05) is 60.7 Å². The molecule has 1 atom stereocenters. The number of Topliss-reactive ketones (excluding diaryl/α,β-unsaturated/α-hetero) is 1. The number of ether oxygens (including phenoxy) is 1. The lowest BCUT2D eigenvalue weighted by atomic mass is 9.97. The summed E-state index contributed by atoms with van der Waals surface area (Å²) in [6.07, 6.45) is 0. The van der Waals surface area contributed by atoms with E-state index in [-0.39, 0.29) is 12.4 Å². The molecule has 0 aliphatic carbocycles. The maximum Gasteiger partial charge on any atom is 0.191 e. The Morgan fingerprint density at radius 1 is 0.957 bits per heavy atom.